The van der Waals surface area contributed by atoms with E-state index in [1.165, 1.54) is 5.56 Å². The summed E-state index contributed by atoms with van der Waals surface area (Å²) in [6.45, 7) is 0.911. The maximum Gasteiger partial charge on any atom is 0.0612 e. The highest BCUT2D eigenvalue weighted by Crippen LogP contribution is 2.26. The molecule has 0 unspecified atom stereocenters. The molecule has 3 heteroatoms. The number of benzene rings is 2. The highest BCUT2D eigenvalue weighted by molar-refractivity contribution is 6.31. The third kappa shape index (κ3) is 3.17. The summed E-state index contributed by atoms with van der Waals surface area (Å²) < 4.78 is 0. The summed E-state index contributed by atoms with van der Waals surface area (Å²) in [6.07, 6.45) is 0.989. The molecule has 18 heavy (non-hydrogen) atoms. The van der Waals surface area contributed by atoms with Gasteiger partial charge in [-0.2, -0.15) is 0 Å². The zero-order chi connectivity index (χ0) is 13.0. The standard InChI is InChI=1S/C15H17ClN2/c1-18(10-9-12-5-3-2-4-6-12)15-11-13(16)7-8-14(15)17/h2-8,11H,9-10,17H2,1H3. The third-order valence-electron chi connectivity index (χ3n) is 2.98. The first-order chi connectivity index (χ1) is 8.66. The average molecular weight is 261 g/mol. The Morgan fingerprint density at radius 2 is 1.83 bits per heavy atom. The maximum absolute atomic E-state index is 6.00. The monoisotopic (exact) mass is 260 g/mol. The number of nitrogens with zero attached hydrogens (tertiary/aromatic N) is 1. The van der Waals surface area contributed by atoms with Gasteiger partial charge in [-0.1, -0.05) is 41.9 Å². The molecule has 0 spiro atoms. The summed E-state index contributed by atoms with van der Waals surface area (Å²) in [6, 6.07) is 16.0. The number of hydrogen-bond donors (Lipinski definition) is 1. The molecule has 0 amide bonds. The molecular formula is C15H17ClN2. The number of halogens is 1. The van der Waals surface area contributed by atoms with Crippen molar-refractivity contribution in [2.24, 2.45) is 0 Å². The van der Waals surface area contributed by atoms with E-state index in [1.807, 2.05) is 31.3 Å². The van der Waals surface area contributed by atoms with Gasteiger partial charge in [0.15, 0.2) is 0 Å². The molecule has 2 N–H and O–H groups in total. The molecule has 94 valence electrons. The van der Waals surface area contributed by atoms with Gasteiger partial charge in [0.25, 0.3) is 0 Å². The van der Waals surface area contributed by atoms with Crippen molar-refractivity contribution < 1.29 is 0 Å². The topological polar surface area (TPSA) is 29.3 Å². The molecule has 0 aliphatic rings. The van der Waals surface area contributed by atoms with Crippen LogP contribution in [0.25, 0.3) is 0 Å². The smallest absolute Gasteiger partial charge is 0.0612 e. The summed E-state index contributed by atoms with van der Waals surface area (Å²) in [5.74, 6) is 0. The Hall–Kier alpha value is -1.67. The predicted octanol–water partition coefficient (Wildman–Crippen LogP) is 3.60. The Labute approximate surface area is 113 Å². The van der Waals surface area contributed by atoms with Crippen LogP contribution < -0.4 is 10.6 Å². The van der Waals surface area contributed by atoms with Crippen LogP contribution in [0.2, 0.25) is 5.02 Å². The lowest BCUT2D eigenvalue weighted by atomic mass is 10.1. The van der Waals surface area contributed by atoms with Crippen LogP contribution in [-0.2, 0) is 6.42 Å². The van der Waals surface area contributed by atoms with E-state index >= 15 is 0 Å². The molecule has 0 bridgehead atoms. The molecule has 0 aliphatic heterocycles. The summed E-state index contributed by atoms with van der Waals surface area (Å²) >= 11 is 6.00. The fraction of sp³-hybridized carbons (Fsp3) is 0.200. The number of nitrogens with two attached hydrogens (primary N) is 1. The normalized spacial score (nSPS) is 10.3. The van der Waals surface area contributed by atoms with Crippen LogP contribution in [0, 0.1) is 0 Å². The van der Waals surface area contributed by atoms with Gasteiger partial charge in [0, 0.05) is 18.6 Å². The van der Waals surface area contributed by atoms with Gasteiger partial charge in [-0.05, 0) is 30.2 Å². The Kier molecular flexibility index (Phi) is 4.11. The summed E-state index contributed by atoms with van der Waals surface area (Å²) in [7, 11) is 2.03. The van der Waals surface area contributed by atoms with Gasteiger partial charge >= 0.3 is 0 Å². The number of likely N-dealkylation sites (N-methyl/N-ethyl adjacent to an activating group) is 1. The van der Waals surface area contributed by atoms with Crippen LogP contribution in [0.15, 0.2) is 48.5 Å². The maximum atomic E-state index is 6.00. The number of anilines is 2. The minimum atomic E-state index is 0.714. The Balaban J connectivity index is 2.03. The molecule has 2 rings (SSSR count). The lowest BCUT2D eigenvalue weighted by molar-refractivity contribution is 0.878. The van der Waals surface area contributed by atoms with E-state index in [4.69, 9.17) is 17.3 Å². The second-order valence-corrected chi connectivity index (χ2v) is 4.80. The van der Waals surface area contributed by atoms with Crippen LogP contribution in [0.5, 0.6) is 0 Å². The van der Waals surface area contributed by atoms with E-state index in [0.717, 1.165) is 24.3 Å². The van der Waals surface area contributed by atoms with Gasteiger partial charge in [-0.15, -0.1) is 0 Å². The van der Waals surface area contributed by atoms with Crippen molar-refractivity contribution in [2.75, 3.05) is 24.2 Å². The van der Waals surface area contributed by atoms with Crippen LogP contribution in [0.3, 0.4) is 0 Å². The Morgan fingerprint density at radius 1 is 1.11 bits per heavy atom. The fourth-order valence-electron chi connectivity index (χ4n) is 1.91. The van der Waals surface area contributed by atoms with Gasteiger partial charge < -0.3 is 10.6 Å². The molecule has 0 aliphatic carbocycles. The van der Waals surface area contributed by atoms with Crippen molar-refractivity contribution in [2.45, 2.75) is 6.42 Å². The first-order valence-electron chi connectivity index (χ1n) is 5.97. The first-order valence-corrected chi connectivity index (χ1v) is 6.34. The highest BCUT2D eigenvalue weighted by atomic mass is 35.5. The molecule has 2 nitrogen and oxygen atoms in total. The molecule has 0 atom stereocenters. The zero-order valence-electron chi connectivity index (χ0n) is 10.4. The van der Waals surface area contributed by atoms with Gasteiger partial charge in [0.1, 0.15) is 0 Å². The lowest BCUT2D eigenvalue weighted by Crippen LogP contribution is -2.21. The molecule has 0 heterocycles. The van der Waals surface area contributed by atoms with E-state index in [0.29, 0.717) is 5.02 Å². The van der Waals surface area contributed by atoms with Gasteiger partial charge in [0.05, 0.1) is 11.4 Å². The van der Waals surface area contributed by atoms with Crippen LogP contribution in [0.1, 0.15) is 5.56 Å². The van der Waals surface area contributed by atoms with E-state index < -0.39 is 0 Å². The second kappa shape index (κ2) is 5.78. The van der Waals surface area contributed by atoms with Crippen LogP contribution in [0.4, 0.5) is 11.4 Å². The van der Waals surface area contributed by atoms with Crippen molar-refractivity contribution in [3.8, 4) is 0 Å². The molecule has 0 fully saturated rings. The highest BCUT2D eigenvalue weighted by Gasteiger charge is 2.06. The zero-order valence-corrected chi connectivity index (χ0v) is 11.2. The van der Waals surface area contributed by atoms with E-state index in [1.54, 1.807) is 0 Å². The molecule has 0 radical (unpaired) electrons. The molecule has 0 aromatic heterocycles. The third-order valence-corrected chi connectivity index (χ3v) is 3.22. The summed E-state index contributed by atoms with van der Waals surface area (Å²) in [5, 5.41) is 0.714. The predicted molar refractivity (Wildman–Crippen MR) is 79.3 cm³/mol. The Bertz CT molecular complexity index is 511. The number of hydrogen-bond acceptors (Lipinski definition) is 2. The minimum Gasteiger partial charge on any atom is -0.397 e. The van der Waals surface area contributed by atoms with Gasteiger partial charge in [-0.25, -0.2) is 0 Å². The van der Waals surface area contributed by atoms with Gasteiger partial charge in [0.2, 0.25) is 0 Å². The van der Waals surface area contributed by atoms with Crippen molar-refractivity contribution in [3.05, 3.63) is 59.1 Å². The van der Waals surface area contributed by atoms with Crippen LogP contribution in [-0.4, -0.2) is 13.6 Å². The van der Waals surface area contributed by atoms with Crippen molar-refractivity contribution in [1.82, 2.24) is 0 Å². The van der Waals surface area contributed by atoms with E-state index in [2.05, 4.69) is 29.2 Å². The average Bonchev–Trinajstić information content (AvgIpc) is 2.40. The summed E-state index contributed by atoms with van der Waals surface area (Å²) in [4.78, 5) is 2.13. The summed E-state index contributed by atoms with van der Waals surface area (Å²) in [5.41, 5.74) is 9.03. The lowest BCUT2D eigenvalue weighted by Gasteiger charge is -2.21. The number of rotatable bonds is 4. The SMILES string of the molecule is CN(CCc1ccccc1)c1cc(Cl)ccc1N. The largest absolute Gasteiger partial charge is 0.397 e. The number of nitrogen functional groups attached to an aromatic ring is 1. The van der Waals surface area contributed by atoms with Crippen molar-refractivity contribution in [3.63, 3.8) is 0 Å². The molecule has 2 aromatic rings. The van der Waals surface area contributed by atoms with Gasteiger partial charge in [-0.3, -0.25) is 0 Å². The first kappa shape index (κ1) is 12.8. The van der Waals surface area contributed by atoms with E-state index in [-0.39, 0.29) is 0 Å². The van der Waals surface area contributed by atoms with Crippen molar-refractivity contribution in [1.29, 1.82) is 0 Å². The molecular weight excluding hydrogens is 244 g/mol. The molecule has 2 aromatic carbocycles. The quantitative estimate of drug-likeness (QED) is 0.851. The van der Waals surface area contributed by atoms with Crippen molar-refractivity contribution >= 4 is 23.0 Å². The molecule has 0 saturated heterocycles. The van der Waals surface area contributed by atoms with E-state index in [9.17, 15) is 0 Å². The fourth-order valence-corrected chi connectivity index (χ4v) is 2.08. The molecule has 0 saturated carbocycles. The minimum absolute atomic E-state index is 0.714. The second-order valence-electron chi connectivity index (χ2n) is 4.36. The Morgan fingerprint density at radius 3 is 2.56 bits per heavy atom. The van der Waals surface area contributed by atoms with Crippen LogP contribution >= 0.6 is 11.6 Å².